The molecule has 3 aliphatic rings. The molecule has 5 heteroatoms. The first-order valence-corrected chi connectivity index (χ1v) is 7.83. The van der Waals surface area contributed by atoms with Crippen LogP contribution < -0.4 is 5.32 Å². The fourth-order valence-corrected chi connectivity index (χ4v) is 3.21. The number of rotatable bonds is 3. The van der Waals surface area contributed by atoms with Crippen LogP contribution in [0.5, 0.6) is 0 Å². The minimum absolute atomic E-state index is 0.00752. The Morgan fingerprint density at radius 2 is 2.29 bits per heavy atom. The fourth-order valence-electron chi connectivity index (χ4n) is 3.08. The van der Waals surface area contributed by atoms with E-state index in [9.17, 15) is 9.59 Å². The zero-order chi connectivity index (χ0) is 14.8. The Kier molecular flexibility index (Phi) is 4.06. The van der Waals surface area contributed by atoms with Gasteiger partial charge in [-0.05, 0) is 43.4 Å². The van der Waals surface area contributed by atoms with Crippen LogP contribution in [0.15, 0.2) is 40.1 Å². The van der Waals surface area contributed by atoms with E-state index >= 15 is 0 Å². The number of nitrogens with zero attached hydrogens (tertiary/aromatic N) is 1. The number of alkyl halides is 1. The Bertz CT molecular complexity index is 614. The van der Waals surface area contributed by atoms with E-state index in [2.05, 4.69) is 10.3 Å². The smallest absolute Gasteiger partial charge is 0.251 e. The van der Waals surface area contributed by atoms with Gasteiger partial charge in [-0.1, -0.05) is 6.08 Å². The summed E-state index contributed by atoms with van der Waals surface area (Å²) in [4.78, 5) is 27.8. The highest BCUT2D eigenvalue weighted by molar-refractivity contribution is 6.18. The number of fused-ring (bicyclic) bond motifs is 2. The summed E-state index contributed by atoms with van der Waals surface area (Å²) >= 11 is 5.57. The van der Waals surface area contributed by atoms with Crippen molar-refractivity contribution in [3.8, 4) is 0 Å². The van der Waals surface area contributed by atoms with E-state index in [0.29, 0.717) is 24.4 Å². The van der Waals surface area contributed by atoms with E-state index in [1.165, 1.54) is 5.57 Å². The van der Waals surface area contributed by atoms with Crippen molar-refractivity contribution in [2.24, 2.45) is 10.9 Å². The topological polar surface area (TPSA) is 58.5 Å². The molecule has 2 aliphatic carbocycles. The van der Waals surface area contributed by atoms with Crippen molar-refractivity contribution < 1.29 is 9.59 Å². The molecule has 0 spiro atoms. The van der Waals surface area contributed by atoms with Crippen LogP contribution in [0, 0.1) is 5.92 Å². The molecule has 1 N–H and O–H groups in total. The molecule has 0 aromatic carbocycles. The van der Waals surface area contributed by atoms with Crippen LogP contribution in [0.2, 0.25) is 0 Å². The van der Waals surface area contributed by atoms with Crippen LogP contribution in [-0.4, -0.2) is 23.4 Å². The van der Waals surface area contributed by atoms with Gasteiger partial charge in [0.05, 0.1) is 5.71 Å². The largest absolute Gasteiger partial charge is 0.325 e. The van der Waals surface area contributed by atoms with E-state index in [1.54, 1.807) is 0 Å². The number of hydrogen-bond donors (Lipinski definition) is 1. The van der Waals surface area contributed by atoms with Crippen molar-refractivity contribution in [3.05, 3.63) is 35.1 Å². The molecule has 0 aromatic heterocycles. The fraction of sp³-hybridized carbons (Fsp3) is 0.438. The SMILES string of the molecule is O=C(CCCCl)N=C1C=CC2C(=C1)NC(=O)C1=C2CCC1. The molecule has 0 radical (unpaired) electrons. The second-order valence-corrected chi connectivity index (χ2v) is 5.85. The molecule has 1 aliphatic heterocycles. The Hall–Kier alpha value is -1.68. The molecule has 0 saturated carbocycles. The Morgan fingerprint density at radius 1 is 1.43 bits per heavy atom. The highest BCUT2D eigenvalue weighted by atomic mass is 35.5. The molecule has 1 heterocycles. The highest BCUT2D eigenvalue weighted by Crippen LogP contribution is 2.39. The van der Waals surface area contributed by atoms with Crippen molar-refractivity contribution in [2.45, 2.75) is 32.1 Å². The van der Waals surface area contributed by atoms with Crippen LogP contribution in [0.4, 0.5) is 0 Å². The molecule has 1 atom stereocenters. The molecule has 3 rings (SSSR count). The van der Waals surface area contributed by atoms with Gasteiger partial charge in [0.2, 0.25) is 5.91 Å². The third kappa shape index (κ3) is 2.86. The van der Waals surface area contributed by atoms with Crippen molar-refractivity contribution >= 4 is 29.1 Å². The van der Waals surface area contributed by atoms with Gasteiger partial charge in [0.15, 0.2) is 0 Å². The van der Waals surface area contributed by atoms with E-state index in [4.69, 9.17) is 11.6 Å². The summed E-state index contributed by atoms with van der Waals surface area (Å²) in [7, 11) is 0. The summed E-state index contributed by atoms with van der Waals surface area (Å²) in [5.74, 6) is 0.446. The van der Waals surface area contributed by atoms with Gasteiger partial charge in [-0.15, -0.1) is 11.6 Å². The van der Waals surface area contributed by atoms with E-state index < -0.39 is 0 Å². The summed E-state index contributed by atoms with van der Waals surface area (Å²) in [5.41, 5.74) is 3.62. The third-order valence-corrected chi connectivity index (χ3v) is 4.31. The number of nitrogens with one attached hydrogen (secondary N) is 1. The number of carbonyl (C=O) groups is 2. The lowest BCUT2D eigenvalue weighted by Gasteiger charge is -2.28. The molecular weight excluding hydrogens is 288 g/mol. The lowest BCUT2D eigenvalue weighted by molar-refractivity contribution is -0.118. The average molecular weight is 305 g/mol. The van der Waals surface area contributed by atoms with Crippen LogP contribution >= 0.6 is 11.6 Å². The van der Waals surface area contributed by atoms with Gasteiger partial charge < -0.3 is 5.32 Å². The quantitative estimate of drug-likeness (QED) is 0.815. The minimum Gasteiger partial charge on any atom is -0.325 e. The van der Waals surface area contributed by atoms with Crippen molar-refractivity contribution in [1.82, 2.24) is 5.32 Å². The van der Waals surface area contributed by atoms with Crippen LogP contribution in [0.3, 0.4) is 0 Å². The molecule has 0 saturated heterocycles. The average Bonchev–Trinajstić information content (AvgIpc) is 2.95. The van der Waals surface area contributed by atoms with Crippen molar-refractivity contribution in [1.29, 1.82) is 0 Å². The first kappa shape index (κ1) is 14.3. The molecule has 0 bridgehead atoms. The summed E-state index contributed by atoms with van der Waals surface area (Å²) in [6, 6.07) is 0. The number of amides is 2. The minimum atomic E-state index is -0.173. The molecule has 0 fully saturated rings. The van der Waals surface area contributed by atoms with Crippen LogP contribution in [-0.2, 0) is 9.59 Å². The molecule has 21 heavy (non-hydrogen) atoms. The van der Waals surface area contributed by atoms with Crippen LogP contribution in [0.1, 0.15) is 32.1 Å². The monoisotopic (exact) mass is 304 g/mol. The van der Waals surface area contributed by atoms with Crippen LogP contribution in [0.25, 0.3) is 0 Å². The van der Waals surface area contributed by atoms with Gasteiger partial charge >= 0.3 is 0 Å². The first-order chi connectivity index (χ1) is 10.2. The molecule has 110 valence electrons. The second kappa shape index (κ2) is 5.98. The number of allylic oxidation sites excluding steroid dienone is 3. The Balaban J connectivity index is 1.81. The normalized spacial score (nSPS) is 25.6. The maximum Gasteiger partial charge on any atom is 0.251 e. The lowest BCUT2D eigenvalue weighted by atomic mass is 9.85. The second-order valence-electron chi connectivity index (χ2n) is 5.47. The van der Waals surface area contributed by atoms with E-state index in [1.807, 2.05) is 18.2 Å². The zero-order valence-corrected chi connectivity index (χ0v) is 12.4. The Labute approximate surface area is 128 Å². The number of carbonyl (C=O) groups excluding carboxylic acids is 2. The zero-order valence-electron chi connectivity index (χ0n) is 11.7. The van der Waals surface area contributed by atoms with Gasteiger partial charge in [0, 0.05) is 29.5 Å². The standard InChI is InChI=1S/C16H17ClN2O2/c17-8-2-5-15(20)18-10-6-7-12-11-3-1-4-13(11)16(21)19-14(12)9-10/h6-7,9,12H,1-5,8H2,(H,19,21). The van der Waals surface area contributed by atoms with Gasteiger partial charge in [-0.3, -0.25) is 9.59 Å². The van der Waals surface area contributed by atoms with Crippen molar-refractivity contribution in [3.63, 3.8) is 0 Å². The molecule has 4 nitrogen and oxygen atoms in total. The van der Waals surface area contributed by atoms with E-state index in [0.717, 1.165) is 30.5 Å². The van der Waals surface area contributed by atoms with Gasteiger partial charge in [0.1, 0.15) is 0 Å². The number of aliphatic imine (C=N–C) groups is 1. The summed E-state index contributed by atoms with van der Waals surface area (Å²) in [6.07, 6.45) is 9.60. The lowest BCUT2D eigenvalue weighted by Crippen LogP contribution is -2.35. The van der Waals surface area contributed by atoms with Gasteiger partial charge in [-0.25, -0.2) is 4.99 Å². The maximum absolute atomic E-state index is 12.0. The molecule has 1 unspecified atom stereocenters. The van der Waals surface area contributed by atoms with Gasteiger partial charge in [-0.2, -0.15) is 0 Å². The Morgan fingerprint density at radius 3 is 3.10 bits per heavy atom. The maximum atomic E-state index is 12.0. The highest BCUT2D eigenvalue weighted by Gasteiger charge is 2.34. The summed E-state index contributed by atoms with van der Waals surface area (Å²) in [5, 5.41) is 2.94. The number of hydrogen-bond acceptors (Lipinski definition) is 2. The third-order valence-electron chi connectivity index (χ3n) is 4.04. The summed E-state index contributed by atoms with van der Waals surface area (Å²) < 4.78 is 0. The molecule has 2 amide bonds. The van der Waals surface area contributed by atoms with Crippen molar-refractivity contribution in [2.75, 3.05) is 5.88 Å². The molecular formula is C16H17ClN2O2. The van der Waals surface area contributed by atoms with E-state index in [-0.39, 0.29) is 17.7 Å². The number of halogens is 1. The predicted molar refractivity (Wildman–Crippen MR) is 82.1 cm³/mol. The first-order valence-electron chi connectivity index (χ1n) is 7.29. The molecule has 0 aromatic rings. The summed E-state index contributed by atoms with van der Waals surface area (Å²) in [6.45, 7) is 0. The van der Waals surface area contributed by atoms with Gasteiger partial charge in [0.25, 0.3) is 5.91 Å². The predicted octanol–water partition coefficient (Wildman–Crippen LogP) is 2.65.